The molecule has 0 aliphatic heterocycles. The number of nitrogens with zero attached hydrogens (tertiary/aromatic N) is 2. The van der Waals surface area contributed by atoms with Crippen LogP contribution in [0.2, 0.25) is 5.02 Å². The minimum Gasteiger partial charge on any atom is -0.250 e. The summed E-state index contributed by atoms with van der Waals surface area (Å²) in [4.78, 5) is 9.83. The quantitative estimate of drug-likeness (QED) is 0.471. The highest BCUT2D eigenvalue weighted by atomic mass is 35.5. The van der Waals surface area contributed by atoms with Gasteiger partial charge in [0.2, 0.25) is 0 Å². The molecule has 3 rings (SSSR count). The summed E-state index contributed by atoms with van der Waals surface area (Å²) >= 11 is 6.53. The molecule has 0 amide bonds. The molecule has 3 aromatic rings. The molecule has 2 aromatic heterocycles. The zero-order valence-corrected chi connectivity index (χ0v) is 15.4. The largest absolute Gasteiger partial charge is 0.250 e. The summed E-state index contributed by atoms with van der Waals surface area (Å²) in [5, 5.41) is 2.80. The minimum absolute atomic E-state index is 0.00177. The summed E-state index contributed by atoms with van der Waals surface area (Å²) in [6.45, 7) is 13.0. The number of rotatable bonds is 0. The first-order chi connectivity index (χ1) is 10.6. The van der Waals surface area contributed by atoms with E-state index in [1.54, 1.807) is 0 Å². The van der Waals surface area contributed by atoms with Crippen molar-refractivity contribution in [1.29, 1.82) is 0 Å². The summed E-state index contributed by atoms with van der Waals surface area (Å²) in [6.07, 6.45) is 0. The molecule has 2 nitrogen and oxygen atoms in total. The van der Waals surface area contributed by atoms with Crippen LogP contribution >= 0.6 is 11.6 Å². The molecule has 0 radical (unpaired) electrons. The van der Waals surface area contributed by atoms with Gasteiger partial charge in [-0.15, -0.1) is 0 Å². The van der Waals surface area contributed by atoms with Gasteiger partial charge in [-0.3, -0.25) is 0 Å². The van der Waals surface area contributed by atoms with Gasteiger partial charge in [-0.1, -0.05) is 71.3 Å². The second kappa shape index (κ2) is 5.17. The van der Waals surface area contributed by atoms with Crippen molar-refractivity contribution < 1.29 is 0 Å². The number of halogens is 1. The molecule has 0 saturated heterocycles. The van der Waals surface area contributed by atoms with E-state index in [-0.39, 0.29) is 10.8 Å². The maximum atomic E-state index is 6.53. The van der Waals surface area contributed by atoms with E-state index in [9.17, 15) is 0 Å². The van der Waals surface area contributed by atoms with Crippen LogP contribution in [0.5, 0.6) is 0 Å². The molecule has 3 heteroatoms. The fraction of sp³-hybridized carbons (Fsp3) is 0.400. The van der Waals surface area contributed by atoms with Gasteiger partial charge in [0.25, 0.3) is 0 Å². The first-order valence-electron chi connectivity index (χ1n) is 7.98. The molecule has 0 atom stereocenters. The Balaban J connectivity index is 2.42. The number of fused-ring (bicyclic) bond motifs is 3. The second-order valence-electron chi connectivity index (χ2n) is 8.22. The first kappa shape index (κ1) is 16.2. The van der Waals surface area contributed by atoms with Gasteiger partial charge in [0.05, 0.1) is 16.1 Å². The Morgan fingerprint density at radius 3 is 1.91 bits per heavy atom. The topological polar surface area (TPSA) is 25.8 Å². The van der Waals surface area contributed by atoms with E-state index in [0.717, 1.165) is 38.2 Å². The lowest BCUT2D eigenvalue weighted by atomic mass is 9.90. The van der Waals surface area contributed by atoms with Crippen LogP contribution in [-0.2, 0) is 10.8 Å². The van der Waals surface area contributed by atoms with E-state index in [4.69, 9.17) is 21.6 Å². The third kappa shape index (κ3) is 2.92. The number of hydrogen-bond acceptors (Lipinski definition) is 2. The average molecular weight is 327 g/mol. The van der Waals surface area contributed by atoms with Crippen molar-refractivity contribution in [2.75, 3.05) is 0 Å². The van der Waals surface area contributed by atoms with E-state index in [1.807, 2.05) is 12.1 Å². The molecule has 0 spiro atoms. The molecule has 2 heterocycles. The van der Waals surface area contributed by atoms with Crippen LogP contribution in [0.15, 0.2) is 30.3 Å². The van der Waals surface area contributed by atoms with E-state index >= 15 is 0 Å². The highest BCUT2D eigenvalue weighted by Gasteiger charge is 2.20. The highest BCUT2D eigenvalue weighted by Crippen LogP contribution is 2.33. The van der Waals surface area contributed by atoms with Crippen molar-refractivity contribution in [3.63, 3.8) is 0 Å². The molecule has 0 unspecified atom stereocenters. The van der Waals surface area contributed by atoms with E-state index < -0.39 is 0 Å². The number of hydrogen-bond donors (Lipinski definition) is 0. The van der Waals surface area contributed by atoms with Crippen molar-refractivity contribution in [3.8, 4) is 0 Å². The van der Waals surface area contributed by atoms with Crippen molar-refractivity contribution in [2.45, 2.75) is 52.4 Å². The van der Waals surface area contributed by atoms with Gasteiger partial charge < -0.3 is 0 Å². The first-order valence-corrected chi connectivity index (χ1v) is 8.36. The SMILES string of the molecule is CC(C)(C)c1ccc2ccc3c(Cl)cc(C(C)(C)C)nc3c2n1. The van der Waals surface area contributed by atoms with Gasteiger partial charge in [0.15, 0.2) is 0 Å². The lowest BCUT2D eigenvalue weighted by Gasteiger charge is -2.20. The van der Waals surface area contributed by atoms with Gasteiger partial charge in [-0.05, 0) is 12.1 Å². The number of pyridine rings is 2. The zero-order chi connectivity index (χ0) is 17.0. The van der Waals surface area contributed by atoms with Gasteiger partial charge in [-0.2, -0.15) is 0 Å². The van der Waals surface area contributed by atoms with Crippen molar-refractivity contribution >= 4 is 33.4 Å². The van der Waals surface area contributed by atoms with Gasteiger partial charge >= 0.3 is 0 Å². The molecule has 0 saturated carbocycles. The molecule has 23 heavy (non-hydrogen) atoms. The summed E-state index contributed by atoms with van der Waals surface area (Å²) in [6, 6.07) is 10.3. The smallest absolute Gasteiger partial charge is 0.0983 e. The average Bonchev–Trinajstić information content (AvgIpc) is 2.44. The van der Waals surface area contributed by atoms with Crippen molar-refractivity contribution in [2.24, 2.45) is 0 Å². The van der Waals surface area contributed by atoms with E-state index in [0.29, 0.717) is 0 Å². The fourth-order valence-corrected chi connectivity index (χ4v) is 2.89. The van der Waals surface area contributed by atoms with E-state index in [2.05, 4.69) is 59.7 Å². The van der Waals surface area contributed by atoms with Gasteiger partial charge in [0.1, 0.15) is 0 Å². The highest BCUT2D eigenvalue weighted by molar-refractivity contribution is 6.36. The Morgan fingerprint density at radius 2 is 1.30 bits per heavy atom. The standard InChI is InChI=1S/C20H23ClN2/c1-19(2,3)15-10-8-12-7-9-13-14(21)11-16(20(4,5)6)23-18(13)17(12)22-15/h7-11H,1-6H3. The Bertz CT molecular complexity index is 899. The van der Waals surface area contributed by atoms with Crippen LogP contribution in [0.3, 0.4) is 0 Å². The van der Waals surface area contributed by atoms with Crippen molar-refractivity contribution in [1.82, 2.24) is 9.97 Å². The van der Waals surface area contributed by atoms with Crippen LogP contribution in [0.1, 0.15) is 52.9 Å². The number of aromatic nitrogens is 2. The maximum Gasteiger partial charge on any atom is 0.0983 e. The zero-order valence-electron chi connectivity index (χ0n) is 14.7. The lowest BCUT2D eigenvalue weighted by molar-refractivity contribution is 0.570. The summed E-state index contributed by atoms with van der Waals surface area (Å²) < 4.78 is 0. The van der Waals surface area contributed by atoms with Crippen LogP contribution in [0.25, 0.3) is 21.8 Å². The summed E-state index contributed by atoms with van der Waals surface area (Å²) in [7, 11) is 0. The predicted octanol–water partition coefficient (Wildman–Crippen LogP) is 6.03. The predicted molar refractivity (Wildman–Crippen MR) is 99.5 cm³/mol. The van der Waals surface area contributed by atoms with Gasteiger partial charge in [-0.25, -0.2) is 9.97 Å². The Kier molecular flexibility index (Phi) is 3.64. The second-order valence-corrected chi connectivity index (χ2v) is 8.63. The van der Waals surface area contributed by atoms with Gasteiger partial charge in [0, 0.05) is 33.0 Å². The van der Waals surface area contributed by atoms with Crippen molar-refractivity contribution in [3.05, 3.63) is 46.7 Å². The molecule has 0 N–H and O–H groups in total. The fourth-order valence-electron chi connectivity index (χ4n) is 2.63. The third-order valence-corrected chi connectivity index (χ3v) is 4.44. The monoisotopic (exact) mass is 326 g/mol. The molecular formula is C20H23ClN2. The van der Waals surface area contributed by atoms with Crippen LogP contribution in [0.4, 0.5) is 0 Å². The van der Waals surface area contributed by atoms with Crippen LogP contribution in [-0.4, -0.2) is 9.97 Å². The van der Waals surface area contributed by atoms with Crippen LogP contribution < -0.4 is 0 Å². The number of benzene rings is 1. The Labute approximate surface area is 142 Å². The molecule has 0 aliphatic rings. The van der Waals surface area contributed by atoms with E-state index in [1.165, 1.54) is 0 Å². The molecule has 0 aliphatic carbocycles. The lowest BCUT2D eigenvalue weighted by Crippen LogP contribution is -2.14. The molecule has 1 aromatic carbocycles. The molecule has 120 valence electrons. The Hall–Kier alpha value is -1.67. The third-order valence-electron chi connectivity index (χ3n) is 4.13. The molecule has 0 bridgehead atoms. The summed E-state index contributed by atoms with van der Waals surface area (Å²) in [5.41, 5.74) is 3.83. The molecular weight excluding hydrogens is 304 g/mol. The normalized spacial score (nSPS) is 13.0. The Morgan fingerprint density at radius 1 is 0.739 bits per heavy atom. The minimum atomic E-state index is -0.0539. The maximum absolute atomic E-state index is 6.53. The molecule has 0 fully saturated rings. The van der Waals surface area contributed by atoms with Crippen LogP contribution in [0, 0.1) is 0 Å². The summed E-state index contributed by atoms with van der Waals surface area (Å²) in [5.74, 6) is 0.